The summed E-state index contributed by atoms with van der Waals surface area (Å²) < 4.78 is 5.03. The van der Waals surface area contributed by atoms with Crippen molar-refractivity contribution in [3.63, 3.8) is 0 Å². The molecule has 0 aromatic heterocycles. The first-order valence-corrected chi connectivity index (χ1v) is 4.47. The Balaban J connectivity index is 2.82. The van der Waals surface area contributed by atoms with Gasteiger partial charge in [0.25, 0.3) is 0 Å². The molecule has 1 fully saturated rings. The summed E-state index contributed by atoms with van der Waals surface area (Å²) in [6.07, 6.45) is 4.31. The van der Waals surface area contributed by atoms with Crippen molar-refractivity contribution in [2.24, 2.45) is 0 Å². The number of carbonyl (C=O) groups is 2. The highest BCUT2D eigenvalue weighted by molar-refractivity contribution is 5.92. The highest BCUT2D eigenvalue weighted by atomic mass is 16.6. The first kappa shape index (κ1) is 9.96. The maximum absolute atomic E-state index is 11.5. The summed E-state index contributed by atoms with van der Waals surface area (Å²) >= 11 is 0. The smallest absolute Gasteiger partial charge is 0.303 e. The van der Waals surface area contributed by atoms with Crippen LogP contribution in [0.3, 0.4) is 0 Å². The Kier molecular flexibility index (Phi) is 2.86. The van der Waals surface area contributed by atoms with Crippen molar-refractivity contribution in [1.29, 1.82) is 0 Å². The normalized spacial score (nSPS) is 28.2. The van der Waals surface area contributed by atoms with Gasteiger partial charge in [-0.25, -0.2) is 0 Å². The van der Waals surface area contributed by atoms with Crippen molar-refractivity contribution < 1.29 is 14.3 Å². The minimum atomic E-state index is -1.02. The molecule has 0 radical (unpaired) electrons. The first-order valence-electron chi connectivity index (χ1n) is 4.47. The van der Waals surface area contributed by atoms with Crippen LogP contribution >= 0.6 is 0 Å². The molecule has 13 heavy (non-hydrogen) atoms. The summed E-state index contributed by atoms with van der Waals surface area (Å²) in [6, 6.07) is 0. The molecule has 0 aliphatic heterocycles. The number of hydrogen-bond acceptors (Lipinski definition) is 3. The Labute approximate surface area is 77.8 Å². The Morgan fingerprint density at radius 1 is 1.62 bits per heavy atom. The van der Waals surface area contributed by atoms with Crippen LogP contribution in [-0.4, -0.2) is 17.4 Å². The third-order valence-electron chi connectivity index (χ3n) is 2.33. The second-order valence-corrected chi connectivity index (χ2v) is 3.32. The summed E-state index contributed by atoms with van der Waals surface area (Å²) in [5, 5.41) is 0. The highest BCUT2D eigenvalue weighted by Gasteiger charge is 2.39. The SMILES string of the molecule is C=CC1(OC(C)=O)CCCCC1=O. The quantitative estimate of drug-likeness (QED) is 0.481. The van der Waals surface area contributed by atoms with E-state index in [9.17, 15) is 9.59 Å². The van der Waals surface area contributed by atoms with Gasteiger partial charge in [0.15, 0.2) is 11.4 Å². The predicted molar refractivity (Wildman–Crippen MR) is 48.2 cm³/mol. The summed E-state index contributed by atoms with van der Waals surface area (Å²) in [6.45, 7) is 4.87. The average molecular weight is 182 g/mol. The monoisotopic (exact) mass is 182 g/mol. The van der Waals surface area contributed by atoms with E-state index in [1.54, 1.807) is 0 Å². The molecule has 1 unspecified atom stereocenters. The maximum Gasteiger partial charge on any atom is 0.303 e. The summed E-state index contributed by atoms with van der Waals surface area (Å²) in [5.41, 5.74) is -1.02. The molecule has 1 aliphatic carbocycles. The van der Waals surface area contributed by atoms with Gasteiger partial charge in [0.05, 0.1) is 0 Å². The van der Waals surface area contributed by atoms with Crippen molar-refractivity contribution in [3.8, 4) is 0 Å². The van der Waals surface area contributed by atoms with Crippen LogP contribution < -0.4 is 0 Å². The Morgan fingerprint density at radius 3 is 2.77 bits per heavy atom. The van der Waals surface area contributed by atoms with Crippen LogP contribution in [0, 0.1) is 0 Å². The molecule has 0 N–H and O–H groups in total. The predicted octanol–water partition coefficient (Wildman–Crippen LogP) is 1.62. The van der Waals surface area contributed by atoms with Gasteiger partial charge in [-0.2, -0.15) is 0 Å². The van der Waals surface area contributed by atoms with Gasteiger partial charge in [-0.05, 0) is 25.3 Å². The number of ether oxygens (including phenoxy) is 1. The van der Waals surface area contributed by atoms with Gasteiger partial charge < -0.3 is 4.74 Å². The first-order chi connectivity index (χ1) is 6.10. The minimum absolute atomic E-state index is 0.0241. The molecule has 0 amide bonds. The fraction of sp³-hybridized carbons (Fsp3) is 0.600. The summed E-state index contributed by atoms with van der Waals surface area (Å²) in [5.74, 6) is -0.445. The molecule has 3 heteroatoms. The van der Waals surface area contributed by atoms with Gasteiger partial charge in [-0.15, -0.1) is 0 Å². The molecular formula is C10H14O3. The van der Waals surface area contributed by atoms with Gasteiger partial charge in [0, 0.05) is 13.3 Å². The lowest BCUT2D eigenvalue weighted by atomic mass is 9.83. The summed E-state index contributed by atoms with van der Waals surface area (Å²) in [4.78, 5) is 22.3. The number of ketones is 1. The topological polar surface area (TPSA) is 43.4 Å². The molecular weight excluding hydrogens is 168 g/mol. The number of carbonyl (C=O) groups excluding carboxylic acids is 2. The molecule has 0 saturated heterocycles. The molecule has 0 aromatic rings. The third kappa shape index (κ3) is 1.97. The van der Waals surface area contributed by atoms with Crippen LogP contribution in [0.1, 0.15) is 32.6 Å². The number of esters is 1. The Morgan fingerprint density at radius 2 is 2.31 bits per heavy atom. The molecule has 0 bridgehead atoms. The van der Waals surface area contributed by atoms with E-state index in [2.05, 4.69) is 6.58 Å². The van der Waals surface area contributed by atoms with Gasteiger partial charge in [0.2, 0.25) is 0 Å². The van der Waals surface area contributed by atoms with Gasteiger partial charge in [0.1, 0.15) is 0 Å². The van der Waals surface area contributed by atoms with Gasteiger partial charge in [-0.1, -0.05) is 6.58 Å². The van der Waals surface area contributed by atoms with Gasteiger partial charge >= 0.3 is 5.97 Å². The molecule has 0 aromatic carbocycles. The Hall–Kier alpha value is -1.12. The third-order valence-corrected chi connectivity index (χ3v) is 2.33. The molecule has 0 spiro atoms. The van der Waals surface area contributed by atoms with Crippen LogP contribution in [0.4, 0.5) is 0 Å². The largest absolute Gasteiger partial charge is 0.447 e. The maximum atomic E-state index is 11.5. The zero-order valence-electron chi connectivity index (χ0n) is 7.84. The summed E-state index contributed by atoms with van der Waals surface area (Å²) in [7, 11) is 0. The molecule has 1 saturated carbocycles. The van der Waals surface area contributed by atoms with E-state index in [0.717, 1.165) is 12.8 Å². The van der Waals surface area contributed by atoms with Crippen LogP contribution in [0.2, 0.25) is 0 Å². The van der Waals surface area contributed by atoms with E-state index in [4.69, 9.17) is 4.74 Å². The van der Waals surface area contributed by atoms with E-state index >= 15 is 0 Å². The van der Waals surface area contributed by atoms with Crippen LogP contribution in [-0.2, 0) is 14.3 Å². The fourth-order valence-electron chi connectivity index (χ4n) is 1.65. The molecule has 1 rings (SSSR count). The lowest BCUT2D eigenvalue weighted by Gasteiger charge is -2.31. The van der Waals surface area contributed by atoms with E-state index < -0.39 is 11.6 Å². The Bertz CT molecular complexity index is 245. The van der Waals surface area contributed by atoms with Crippen molar-refractivity contribution in [1.82, 2.24) is 0 Å². The second-order valence-electron chi connectivity index (χ2n) is 3.32. The second kappa shape index (κ2) is 3.73. The standard InChI is InChI=1S/C10H14O3/c1-3-10(13-8(2)11)7-5-4-6-9(10)12/h3H,1,4-7H2,2H3. The zero-order valence-corrected chi connectivity index (χ0v) is 7.84. The lowest BCUT2D eigenvalue weighted by Crippen LogP contribution is -2.43. The van der Waals surface area contributed by atoms with E-state index in [0.29, 0.717) is 12.8 Å². The average Bonchev–Trinajstić information content (AvgIpc) is 2.08. The lowest BCUT2D eigenvalue weighted by molar-refractivity contribution is -0.162. The van der Waals surface area contributed by atoms with Crippen molar-refractivity contribution in [2.45, 2.75) is 38.2 Å². The highest BCUT2D eigenvalue weighted by Crippen LogP contribution is 2.29. The number of Topliss-reactive ketones (excluding diaryl/α,β-unsaturated/α-hetero) is 1. The minimum Gasteiger partial charge on any atom is -0.447 e. The van der Waals surface area contributed by atoms with Gasteiger partial charge in [-0.3, -0.25) is 9.59 Å². The van der Waals surface area contributed by atoms with Crippen LogP contribution in [0.25, 0.3) is 0 Å². The number of hydrogen-bond donors (Lipinski definition) is 0. The molecule has 1 aliphatic rings. The molecule has 0 heterocycles. The zero-order chi connectivity index (χ0) is 9.90. The number of rotatable bonds is 2. The van der Waals surface area contributed by atoms with Crippen molar-refractivity contribution in [2.75, 3.05) is 0 Å². The van der Waals surface area contributed by atoms with Crippen LogP contribution in [0.15, 0.2) is 12.7 Å². The molecule has 1 atom stereocenters. The van der Waals surface area contributed by atoms with E-state index in [1.165, 1.54) is 13.0 Å². The molecule has 72 valence electrons. The van der Waals surface area contributed by atoms with E-state index in [1.807, 2.05) is 0 Å². The molecule has 3 nitrogen and oxygen atoms in total. The van der Waals surface area contributed by atoms with Crippen molar-refractivity contribution in [3.05, 3.63) is 12.7 Å². The van der Waals surface area contributed by atoms with Crippen molar-refractivity contribution >= 4 is 11.8 Å². The fourth-order valence-corrected chi connectivity index (χ4v) is 1.65. The van der Waals surface area contributed by atoms with E-state index in [-0.39, 0.29) is 5.78 Å². The van der Waals surface area contributed by atoms with Crippen LogP contribution in [0.5, 0.6) is 0 Å².